The molecule has 1 aliphatic rings. The molecule has 0 aromatic heterocycles. The lowest BCUT2D eigenvalue weighted by Gasteiger charge is -2.17. The lowest BCUT2D eigenvalue weighted by molar-refractivity contribution is 0.0950. The molecule has 0 atom stereocenters. The summed E-state index contributed by atoms with van der Waals surface area (Å²) in [4.78, 5) is 14.9. The highest BCUT2D eigenvalue weighted by atomic mass is 35.5. The summed E-state index contributed by atoms with van der Waals surface area (Å²) in [6.45, 7) is 4.31. The first-order chi connectivity index (χ1) is 15.8. The van der Waals surface area contributed by atoms with Crippen molar-refractivity contribution in [1.82, 2.24) is 5.32 Å². The number of carbonyl (C=O) groups excluding carboxylic acids is 1. The van der Waals surface area contributed by atoms with Gasteiger partial charge >= 0.3 is 0 Å². The third-order valence-electron chi connectivity index (χ3n) is 5.73. The maximum Gasteiger partial charge on any atom is 0.263 e. The second kappa shape index (κ2) is 9.85. The summed E-state index contributed by atoms with van der Waals surface area (Å²) < 4.78 is 28.4. The van der Waals surface area contributed by atoms with Crippen molar-refractivity contribution in [2.75, 3.05) is 22.7 Å². The van der Waals surface area contributed by atoms with Gasteiger partial charge in [0, 0.05) is 30.9 Å². The molecule has 8 heteroatoms. The molecule has 1 heterocycles. The largest absolute Gasteiger partial charge is 0.372 e. The van der Waals surface area contributed by atoms with Gasteiger partial charge in [-0.3, -0.25) is 9.52 Å². The van der Waals surface area contributed by atoms with Gasteiger partial charge in [-0.1, -0.05) is 41.9 Å². The normalized spacial score (nSPS) is 13.7. The van der Waals surface area contributed by atoms with E-state index in [1.54, 1.807) is 25.1 Å². The van der Waals surface area contributed by atoms with Crippen LogP contribution in [-0.4, -0.2) is 27.4 Å². The average Bonchev–Trinajstić information content (AvgIpc) is 3.34. The number of nitrogens with zero attached hydrogens (tertiary/aromatic N) is 1. The van der Waals surface area contributed by atoms with Gasteiger partial charge in [-0.05, 0) is 67.3 Å². The number of rotatable bonds is 7. The molecule has 3 aromatic rings. The summed E-state index contributed by atoms with van der Waals surface area (Å²) in [7, 11) is -3.97. The minimum atomic E-state index is -3.97. The monoisotopic (exact) mass is 483 g/mol. The Labute approximate surface area is 199 Å². The van der Waals surface area contributed by atoms with Crippen molar-refractivity contribution in [3.63, 3.8) is 0 Å². The van der Waals surface area contributed by atoms with Gasteiger partial charge in [0.25, 0.3) is 15.9 Å². The van der Waals surface area contributed by atoms with Crippen LogP contribution in [0.5, 0.6) is 0 Å². The molecule has 1 saturated heterocycles. The van der Waals surface area contributed by atoms with Crippen LogP contribution in [0.2, 0.25) is 5.02 Å². The quantitative estimate of drug-likeness (QED) is 0.496. The number of anilines is 2. The fourth-order valence-electron chi connectivity index (χ4n) is 3.82. The predicted molar refractivity (Wildman–Crippen MR) is 132 cm³/mol. The van der Waals surface area contributed by atoms with E-state index >= 15 is 0 Å². The van der Waals surface area contributed by atoms with Crippen molar-refractivity contribution in [3.05, 3.63) is 88.4 Å². The summed E-state index contributed by atoms with van der Waals surface area (Å²) in [5, 5.41) is 2.90. The van der Waals surface area contributed by atoms with Crippen LogP contribution in [-0.2, 0) is 16.6 Å². The van der Waals surface area contributed by atoms with E-state index in [9.17, 15) is 13.2 Å². The summed E-state index contributed by atoms with van der Waals surface area (Å²) >= 11 is 6.18. The number of hydrogen-bond donors (Lipinski definition) is 2. The highest BCUT2D eigenvalue weighted by molar-refractivity contribution is 7.92. The third-order valence-corrected chi connectivity index (χ3v) is 7.58. The Morgan fingerprint density at radius 3 is 2.39 bits per heavy atom. The molecule has 2 N–H and O–H groups in total. The number of amides is 1. The number of nitrogens with one attached hydrogen (secondary N) is 2. The molecule has 172 valence electrons. The number of aryl methyl sites for hydroxylation is 1. The van der Waals surface area contributed by atoms with Crippen molar-refractivity contribution in [1.29, 1.82) is 0 Å². The zero-order chi connectivity index (χ0) is 23.4. The second-order valence-corrected chi connectivity index (χ2v) is 10.2. The van der Waals surface area contributed by atoms with E-state index in [0.29, 0.717) is 12.2 Å². The first-order valence-corrected chi connectivity index (χ1v) is 12.7. The average molecular weight is 484 g/mol. The minimum Gasteiger partial charge on any atom is -0.372 e. The number of para-hydroxylation sites is 1. The molecule has 0 radical (unpaired) electrons. The first-order valence-electron chi connectivity index (χ1n) is 10.8. The molecule has 1 amide bonds. The van der Waals surface area contributed by atoms with Crippen molar-refractivity contribution in [3.8, 4) is 0 Å². The Balaban J connectivity index is 1.45. The molecular weight excluding hydrogens is 458 g/mol. The second-order valence-electron chi connectivity index (χ2n) is 8.11. The van der Waals surface area contributed by atoms with Crippen LogP contribution in [0, 0.1) is 6.92 Å². The van der Waals surface area contributed by atoms with Crippen LogP contribution >= 0.6 is 11.6 Å². The van der Waals surface area contributed by atoms with Gasteiger partial charge in [-0.2, -0.15) is 0 Å². The van der Waals surface area contributed by atoms with Crippen LogP contribution in [0.1, 0.15) is 34.3 Å². The minimum absolute atomic E-state index is 0.0464. The van der Waals surface area contributed by atoms with E-state index in [1.165, 1.54) is 36.7 Å². The van der Waals surface area contributed by atoms with Crippen molar-refractivity contribution in [2.24, 2.45) is 0 Å². The van der Waals surface area contributed by atoms with Gasteiger partial charge in [0.05, 0.1) is 10.7 Å². The third kappa shape index (κ3) is 5.49. The van der Waals surface area contributed by atoms with E-state index in [2.05, 4.69) is 27.1 Å². The zero-order valence-electron chi connectivity index (χ0n) is 18.3. The topological polar surface area (TPSA) is 78.5 Å². The van der Waals surface area contributed by atoms with Crippen LogP contribution in [0.4, 0.5) is 11.4 Å². The zero-order valence-corrected chi connectivity index (χ0v) is 19.9. The SMILES string of the molecule is Cc1ccccc1NS(=O)(=O)c1cc(C(=O)NCc2ccc(N3CCCC3)cc2)ccc1Cl. The fraction of sp³-hybridized carbons (Fsp3) is 0.240. The molecule has 0 aliphatic carbocycles. The molecule has 1 aliphatic heterocycles. The van der Waals surface area contributed by atoms with E-state index in [0.717, 1.165) is 24.2 Å². The summed E-state index contributed by atoms with van der Waals surface area (Å²) in [5.41, 5.74) is 3.62. The molecule has 33 heavy (non-hydrogen) atoms. The number of hydrogen-bond acceptors (Lipinski definition) is 4. The Morgan fingerprint density at radius 1 is 1.00 bits per heavy atom. The standard InChI is InChI=1S/C25H26ClN3O3S/c1-18-6-2-3-7-23(18)28-33(31,32)24-16-20(10-13-22(24)26)25(30)27-17-19-8-11-21(12-9-19)29-14-4-5-15-29/h2-3,6-13,16,28H,4-5,14-15,17H2,1H3,(H,27,30). The highest BCUT2D eigenvalue weighted by Gasteiger charge is 2.21. The highest BCUT2D eigenvalue weighted by Crippen LogP contribution is 2.26. The van der Waals surface area contributed by atoms with Gasteiger partial charge < -0.3 is 10.2 Å². The van der Waals surface area contributed by atoms with Crippen LogP contribution < -0.4 is 14.9 Å². The van der Waals surface area contributed by atoms with E-state index in [1.807, 2.05) is 18.2 Å². The van der Waals surface area contributed by atoms with E-state index < -0.39 is 10.0 Å². The lowest BCUT2D eigenvalue weighted by Crippen LogP contribution is -2.23. The molecule has 1 fully saturated rings. The molecule has 0 saturated carbocycles. The Bertz CT molecular complexity index is 1250. The van der Waals surface area contributed by atoms with Crippen molar-refractivity contribution in [2.45, 2.75) is 31.2 Å². The van der Waals surface area contributed by atoms with Gasteiger partial charge in [0.2, 0.25) is 0 Å². The number of halogens is 1. The lowest BCUT2D eigenvalue weighted by atomic mass is 10.1. The fourth-order valence-corrected chi connectivity index (χ4v) is 5.48. The number of benzene rings is 3. The van der Waals surface area contributed by atoms with Gasteiger partial charge in [-0.25, -0.2) is 8.42 Å². The smallest absolute Gasteiger partial charge is 0.263 e. The molecule has 4 rings (SSSR count). The van der Waals surface area contributed by atoms with Crippen LogP contribution in [0.15, 0.2) is 71.6 Å². The molecule has 0 unspecified atom stereocenters. The molecule has 0 bridgehead atoms. The van der Waals surface area contributed by atoms with Crippen LogP contribution in [0.3, 0.4) is 0 Å². The van der Waals surface area contributed by atoms with Crippen molar-refractivity contribution < 1.29 is 13.2 Å². The molecule has 6 nitrogen and oxygen atoms in total. The summed E-state index contributed by atoms with van der Waals surface area (Å²) in [6, 6.07) is 19.4. The van der Waals surface area contributed by atoms with Crippen LogP contribution in [0.25, 0.3) is 0 Å². The summed E-state index contributed by atoms with van der Waals surface area (Å²) in [5.74, 6) is -0.373. The Hall–Kier alpha value is -3.03. The maximum absolute atomic E-state index is 12.9. The van der Waals surface area contributed by atoms with Crippen molar-refractivity contribution >= 4 is 38.9 Å². The maximum atomic E-state index is 12.9. The molecule has 0 spiro atoms. The van der Waals surface area contributed by atoms with Gasteiger partial charge in [0.15, 0.2) is 0 Å². The Kier molecular flexibility index (Phi) is 6.91. The Morgan fingerprint density at radius 2 is 1.70 bits per heavy atom. The summed E-state index contributed by atoms with van der Waals surface area (Å²) in [6.07, 6.45) is 2.44. The molecule has 3 aromatic carbocycles. The molecular formula is C25H26ClN3O3S. The predicted octanol–water partition coefficient (Wildman–Crippen LogP) is 4.98. The van der Waals surface area contributed by atoms with Gasteiger partial charge in [-0.15, -0.1) is 0 Å². The number of carbonyl (C=O) groups is 1. The van der Waals surface area contributed by atoms with E-state index in [4.69, 9.17) is 11.6 Å². The van der Waals surface area contributed by atoms with E-state index in [-0.39, 0.29) is 21.4 Å². The first kappa shape index (κ1) is 23.1. The van der Waals surface area contributed by atoms with Gasteiger partial charge in [0.1, 0.15) is 4.90 Å². The number of sulfonamides is 1.